The molecule has 0 radical (unpaired) electrons. The second kappa shape index (κ2) is 5.51. The summed E-state index contributed by atoms with van der Waals surface area (Å²) in [6.07, 6.45) is 5.87. The monoisotopic (exact) mass is 294 g/mol. The van der Waals surface area contributed by atoms with Crippen LogP contribution in [-0.4, -0.2) is 49.3 Å². The van der Waals surface area contributed by atoms with Crippen molar-refractivity contribution in [2.75, 3.05) is 38.1 Å². The highest BCUT2D eigenvalue weighted by atomic mass is 15.3. The fraction of sp³-hybridized carbons (Fsp3) is 0.294. The van der Waals surface area contributed by atoms with Gasteiger partial charge in [0, 0.05) is 43.4 Å². The lowest BCUT2D eigenvalue weighted by molar-refractivity contribution is -0.589. The smallest absolute Gasteiger partial charge is 0.129 e. The Bertz CT molecular complexity index is 757. The zero-order valence-electron chi connectivity index (χ0n) is 12.7. The predicted octanol–water partition coefficient (Wildman–Crippen LogP) is 0.890. The van der Waals surface area contributed by atoms with E-state index in [0.29, 0.717) is 0 Å². The molecule has 3 heterocycles. The highest BCUT2D eigenvalue weighted by Crippen LogP contribution is 2.28. The van der Waals surface area contributed by atoms with Crippen LogP contribution in [0.5, 0.6) is 0 Å². The Morgan fingerprint density at radius 2 is 1.95 bits per heavy atom. The number of hydrogen-bond donors (Lipinski definition) is 1. The number of hydrogen-bond acceptors (Lipinski definition) is 4. The molecule has 2 N–H and O–H groups in total. The number of aromatic nitrogens is 1. The van der Waals surface area contributed by atoms with Gasteiger partial charge in [0.25, 0.3) is 0 Å². The van der Waals surface area contributed by atoms with Gasteiger partial charge in [0.05, 0.1) is 17.3 Å². The van der Waals surface area contributed by atoms with Gasteiger partial charge in [-0.1, -0.05) is 11.2 Å². The lowest BCUT2D eigenvalue weighted by Crippen LogP contribution is -2.69. The van der Waals surface area contributed by atoms with Gasteiger partial charge in [0.1, 0.15) is 6.20 Å². The quantitative estimate of drug-likeness (QED) is 0.837. The van der Waals surface area contributed by atoms with Crippen molar-refractivity contribution >= 4 is 28.4 Å². The molecule has 22 heavy (non-hydrogen) atoms. The van der Waals surface area contributed by atoms with Crippen LogP contribution in [0.4, 0.5) is 5.69 Å². The van der Waals surface area contributed by atoms with Crippen LogP contribution in [0.2, 0.25) is 0 Å². The number of quaternary nitrogens is 1. The second-order valence-electron chi connectivity index (χ2n) is 5.90. The van der Waals surface area contributed by atoms with Crippen LogP contribution in [0.1, 0.15) is 5.56 Å². The molecule has 1 aromatic heterocycles. The van der Waals surface area contributed by atoms with Crippen LogP contribution in [0, 0.1) is 0 Å². The molecule has 0 unspecified atom stereocenters. The summed E-state index contributed by atoms with van der Waals surface area (Å²) in [6, 6.07) is 8.62. The Morgan fingerprint density at radius 1 is 1.09 bits per heavy atom. The van der Waals surface area contributed by atoms with E-state index in [0.717, 1.165) is 37.3 Å². The fourth-order valence-electron chi connectivity index (χ4n) is 3.09. The maximum Gasteiger partial charge on any atom is 0.129 e. The van der Waals surface area contributed by atoms with E-state index in [4.69, 9.17) is 0 Å². The largest absolute Gasteiger partial charge is 0.368 e. The van der Waals surface area contributed by atoms with Crippen LogP contribution >= 0.6 is 0 Å². The molecule has 5 heteroatoms. The van der Waals surface area contributed by atoms with E-state index in [1.807, 2.05) is 24.0 Å². The molecular formula is C17H20N5+. The van der Waals surface area contributed by atoms with Gasteiger partial charge in [-0.2, -0.15) is 5.43 Å². The summed E-state index contributed by atoms with van der Waals surface area (Å²) in [6.45, 7) is 4.35. The average Bonchev–Trinajstić information content (AvgIpc) is 3.09. The number of fused-ring (bicyclic) bond motifs is 1. The third-order valence-electron chi connectivity index (χ3n) is 4.45. The minimum absolute atomic E-state index is 1.06. The highest BCUT2D eigenvalue weighted by Gasteiger charge is 2.17. The van der Waals surface area contributed by atoms with Gasteiger partial charge < -0.3 is 9.80 Å². The Kier molecular flexibility index (Phi) is 3.36. The summed E-state index contributed by atoms with van der Waals surface area (Å²) in [5, 5.41) is 5.40. The van der Waals surface area contributed by atoms with E-state index in [2.05, 4.69) is 51.2 Å². The first kappa shape index (κ1) is 13.4. The Labute approximate surface area is 129 Å². The first-order chi connectivity index (χ1) is 10.8. The van der Waals surface area contributed by atoms with Gasteiger partial charge in [-0.15, -0.1) is 0 Å². The van der Waals surface area contributed by atoms with Gasteiger partial charge in [-0.25, -0.2) is 0 Å². The lowest BCUT2D eigenvalue weighted by Gasteiger charge is -2.34. The van der Waals surface area contributed by atoms with Crippen molar-refractivity contribution in [1.29, 1.82) is 0 Å². The third kappa shape index (κ3) is 2.38. The molecule has 4 rings (SSSR count). The number of nitrogens with zero attached hydrogens (tertiary/aromatic N) is 4. The van der Waals surface area contributed by atoms with Crippen molar-refractivity contribution in [2.24, 2.45) is 5.10 Å². The van der Waals surface area contributed by atoms with E-state index < -0.39 is 0 Å². The standard InChI is InChI=1S/C17H19N5/c1-21-6-8-22(9-7-21)17-4-5-18-16-3-2-13(10-15(16)17)14-11-19-20-12-14/h2-5,10-12H,6-9H2,1H3,(H,19,20)/p+1. The molecule has 1 aromatic carbocycles. The minimum atomic E-state index is 1.06. The zero-order chi connectivity index (χ0) is 14.9. The Hall–Kier alpha value is -2.24. The van der Waals surface area contributed by atoms with Crippen molar-refractivity contribution in [3.8, 4) is 0 Å². The molecule has 5 nitrogen and oxygen atoms in total. The predicted molar refractivity (Wildman–Crippen MR) is 89.8 cm³/mol. The van der Waals surface area contributed by atoms with Crippen LogP contribution in [0.3, 0.4) is 0 Å². The number of anilines is 1. The molecule has 0 atom stereocenters. The number of pyridine rings is 1. The first-order valence-corrected chi connectivity index (χ1v) is 7.70. The van der Waals surface area contributed by atoms with Gasteiger partial charge in [-0.05, 0) is 30.8 Å². The third-order valence-corrected chi connectivity index (χ3v) is 4.45. The number of allylic oxidation sites excluding steroid dienone is 1. The van der Waals surface area contributed by atoms with Crippen molar-refractivity contribution in [1.82, 2.24) is 9.88 Å². The Morgan fingerprint density at radius 3 is 2.73 bits per heavy atom. The molecule has 0 spiro atoms. The topological polar surface area (TPSA) is 48.3 Å². The van der Waals surface area contributed by atoms with Crippen LogP contribution in [0.25, 0.3) is 16.5 Å². The molecule has 0 bridgehead atoms. The number of nitrogens with two attached hydrogens (primary N) is 1. The maximum atomic E-state index is 4.52. The minimum Gasteiger partial charge on any atom is -0.368 e. The van der Waals surface area contributed by atoms with E-state index >= 15 is 0 Å². The summed E-state index contributed by atoms with van der Waals surface area (Å²) in [5.41, 5.74) is 6.55. The normalized spacial score (nSPS) is 19.0. The zero-order valence-corrected chi connectivity index (χ0v) is 12.7. The number of likely N-dealkylation sites (N-methyl/N-ethyl adjacent to an activating group) is 1. The summed E-state index contributed by atoms with van der Waals surface area (Å²) in [4.78, 5) is 9.37. The van der Waals surface area contributed by atoms with E-state index in [-0.39, 0.29) is 0 Å². The summed E-state index contributed by atoms with van der Waals surface area (Å²) < 4.78 is 0. The fourth-order valence-corrected chi connectivity index (χ4v) is 3.09. The summed E-state index contributed by atoms with van der Waals surface area (Å²) in [7, 11) is 2.18. The molecular weight excluding hydrogens is 274 g/mol. The number of rotatable bonds is 2. The van der Waals surface area contributed by atoms with Gasteiger partial charge >= 0.3 is 0 Å². The first-order valence-electron chi connectivity index (χ1n) is 7.70. The van der Waals surface area contributed by atoms with Crippen molar-refractivity contribution in [3.05, 3.63) is 42.2 Å². The number of benzene rings is 1. The Balaban J connectivity index is 1.77. The molecule has 2 aliphatic rings. The van der Waals surface area contributed by atoms with Gasteiger partial charge in [0.2, 0.25) is 0 Å². The second-order valence-corrected chi connectivity index (χ2v) is 5.90. The average molecular weight is 294 g/mol. The molecule has 0 saturated carbocycles. The molecule has 0 amide bonds. The molecule has 2 aliphatic heterocycles. The molecule has 1 fully saturated rings. The van der Waals surface area contributed by atoms with Crippen molar-refractivity contribution in [3.63, 3.8) is 0 Å². The highest BCUT2D eigenvalue weighted by molar-refractivity contribution is 6.11. The lowest BCUT2D eigenvalue weighted by atomic mass is 10.0. The molecule has 0 aliphatic carbocycles. The molecule has 2 aromatic rings. The van der Waals surface area contributed by atoms with E-state index in [1.165, 1.54) is 16.6 Å². The number of piperazine rings is 1. The summed E-state index contributed by atoms with van der Waals surface area (Å²) >= 11 is 0. The van der Waals surface area contributed by atoms with Gasteiger partial charge in [0.15, 0.2) is 0 Å². The van der Waals surface area contributed by atoms with Crippen molar-refractivity contribution in [2.45, 2.75) is 0 Å². The van der Waals surface area contributed by atoms with E-state index in [9.17, 15) is 0 Å². The van der Waals surface area contributed by atoms with Crippen LogP contribution < -0.4 is 10.3 Å². The maximum absolute atomic E-state index is 4.52. The van der Waals surface area contributed by atoms with Crippen LogP contribution in [0.15, 0.2) is 41.8 Å². The SMILES string of the molecule is CN1CCN(c2ccnc3ccc(C4=C[NH2+]N=C4)cc23)CC1. The van der Waals surface area contributed by atoms with Crippen molar-refractivity contribution < 1.29 is 5.43 Å². The molecule has 1 saturated heterocycles. The summed E-state index contributed by atoms with van der Waals surface area (Å²) in [5.74, 6) is 0. The van der Waals surface area contributed by atoms with Crippen LogP contribution in [-0.2, 0) is 0 Å². The molecule has 112 valence electrons. The van der Waals surface area contributed by atoms with E-state index in [1.54, 1.807) is 0 Å². The van der Waals surface area contributed by atoms with Gasteiger partial charge in [-0.3, -0.25) is 4.98 Å².